The van der Waals surface area contributed by atoms with E-state index in [1.54, 1.807) is 6.26 Å². The fourth-order valence-corrected chi connectivity index (χ4v) is 2.68. The molecule has 0 amide bonds. The van der Waals surface area contributed by atoms with Crippen LogP contribution in [0.2, 0.25) is 0 Å². The van der Waals surface area contributed by atoms with E-state index in [1.165, 1.54) is 38.8 Å². The first-order valence-electron chi connectivity index (χ1n) is 6.81. The fraction of sp³-hybridized carbons (Fsp3) is 0.714. The maximum Gasteiger partial charge on any atom is 0.122 e. The van der Waals surface area contributed by atoms with Crippen LogP contribution in [0.25, 0.3) is 0 Å². The van der Waals surface area contributed by atoms with Gasteiger partial charge in [0.1, 0.15) is 5.76 Å². The van der Waals surface area contributed by atoms with Crippen LogP contribution in [0.15, 0.2) is 16.7 Å². The van der Waals surface area contributed by atoms with Crippen LogP contribution in [0, 0.1) is 5.92 Å². The van der Waals surface area contributed by atoms with Crippen LogP contribution >= 0.6 is 0 Å². The van der Waals surface area contributed by atoms with E-state index in [1.807, 2.05) is 6.07 Å². The molecule has 0 aromatic carbocycles. The summed E-state index contributed by atoms with van der Waals surface area (Å²) in [6, 6.07) is 1.99. The van der Waals surface area contributed by atoms with Gasteiger partial charge in [-0.15, -0.1) is 0 Å². The Kier molecular flexibility index (Phi) is 4.63. The smallest absolute Gasteiger partial charge is 0.122 e. The first-order chi connectivity index (χ1) is 8.33. The second kappa shape index (κ2) is 6.22. The molecule has 3 heteroatoms. The summed E-state index contributed by atoms with van der Waals surface area (Å²) in [6.07, 6.45) is 7.11. The molecule has 2 heterocycles. The molecule has 0 bridgehead atoms. The summed E-state index contributed by atoms with van der Waals surface area (Å²) in [5.74, 6) is 1.98. The molecule has 2 N–H and O–H groups in total. The Hall–Kier alpha value is -0.800. The number of hydrogen-bond acceptors (Lipinski definition) is 3. The third-order valence-electron chi connectivity index (χ3n) is 3.94. The fourth-order valence-electron chi connectivity index (χ4n) is 2.68. The first-order valence-corrected chi connectivity index (χ1v) is 6.81. The van der Waals surface area contributed by atoms with Crippen LogP contribution < -0.4 is 5.73 Å². The molecule has 1 atom stereocenters. The molecule has 1 aliphatic rings. The third-order valence-corrected chi connectivity index (χ3v) is 3.94. The normalized spacial score (nSPS) is 22.6. The molecular weight excluding hydrogens is 212 g/mol. The average Bonchev–Trinajstić information content (AvgIpc) is 2.67. The van der Waals surface area contributed by atoms with Crippen LogP contribution in [0.5, 0.6) is 0 Å². The molecule has 0 aliphatic carbocycles. The predicted molar refractivity (Wildman–Crippen MR) is 69.5 cm³/mol. The number of rotatable bonds is 4. The largest absolute Gasteiger partial charge is 0.468 e. The quantitative estimate of drug-likeness (QED) is 0.874. The molecule has 96 valence electrons. The van der Waals surface area contributed by atoms with Crippen molar-refractivity contribution in [3.05, 3.63) is 23.7 Å². The lowest BCUT2D eigenvalue weighted by atomic mass is 9.98. The number of hydrogen-bond donors (Lipinski definition) is 1. The van der Waals surface area contributed by atoms with Crippen molar-refractivity contribution >= 4 is 0 Å². The summed E-state index contributed by atoms with van der Waals surface area (Å²) >= 11 is 0. The highest BCUT2D eigenvalue weighted by Gasteiger charge is 2.17. The Bertz CT molecular complexity index is 335. The van der Waals surface area contributed by atoms with Gasteiger partial charge in [0.05, 0.1) is 12.8 Å². The molecule has 0 radical (unpaired) electrons. The van der Waals surface area contributed by atoms with Gasteiger partial charge in [-0.3, -0.25) is 4.90 Å². The number of likely N-dealkylation sites (tertiary alicyclic amines) is 1. The van der Waals surface area contributed by atoms with Gasteiger partial charge in [0.15, 0.2) is 0 Å². The number of nitrogens with zero attached hydrogens (tertiary/aromatic N) is 1. The molecule has 1 fully saturated rings. The standard InChI is InChI=1S/C14H24N2O/c1-2-12-4-3-7-16(8-5-12)11-14-13(10-15)6-9-17-14/h6,9,12H,2-5,7-8,10-11,15H2,1H3. The van der Waals surface area contributed by atoms with Crippen LogP contribution in [-0.2, 0) is 13.1 Å². The predicted octanol–water partition coefficient (Wildman–Crippen LogP) is 2.75. The van der Waals surface area contributed by atoms with Gasteiger partial charge in [0.2, 0.25) is 0 Å². The van der Waals surface area contributed by atoms with Gasteiger partial charge in [-0.05, 0) is 44.3 Å². The van der Waals surface area contributed by atoms with Crippen LogP contribution in [0.3, 0.4) is 0 Å². The Labute approximate surface area is 104 Å². The SMILES string of the molecule is CCC1CCCN(Cc2occc2CN)CC1. The summed E-state index contributed by atoms with van der Waals surface area (Å²) in [6.45, 7) is 6.21. The van der Waals surface area contributed by atoms with Gasteiger partial charge >= 0.3 is 0 Å². The third kappa shape index (κ3) is 3.33. The highest BCUT2D eigenvalue weighted by molar-refractivity contribution is 5.16. The van der Waals surface area contributed by atoms with Crippen molar-refractivity contribution in [1.29, 1.82) is 0 Å². The minimum atomic E-state index is 0.581. The summed E-state index contributed by atoms with van der Waals surface area (Å²) in [5, 5.41) is 0. The van der Waals surface area contributed by atoms with E-state index in [2.05, 4.69) is 11.8 Å². The van der Waals surface area contributed by atoms with E-state index in [0.717, 1.165) is 23.8 Å². The lowest BCUT2D eigenvalue weighted by Crippen LogP contribution is -2.24. The molecule has 0 spiro atoms. The molecule has 1 unspecified atom stereocenters. The first kappa shape index (κ1) is 12.7. The van der Waals surface area contributed by atoms with Gasteiger partial charge in [0, 0.05) is 12.1 Å². The van der Waals surface area contributed by atoms with Gasteiger partial charge in [-0.2, -0.15) is 0 Å². The molecule has 0 saturated carbocycles. The summed E-state index contributed by atoms with van der Waals surface area (Å²) in [7, 11) is 0. The van der Waals surface area contributed by atoms with E-state index in [9.17, 15) is 0 Å². The van der Waals surface area contributed by atoms with Gasteiger partial charge in [-0.1, -0.05) is 13.3 Å². The molecule has 1 saturated heterocycles. The number of nitrogens with two attached hydrogens (primary N) is 1. The second-order valence-corrected chi connectivity index (χ2v) is 5.05. The Morgan fingerprint density at radius 2 is 2.29 bits per heavy atom. The molecule has 1 aromatic heterocycles. The molecular formula is C14H24N2O. The van der Waals surface area contributed by atoms with E-state index in [4.69, 9.17) is 10.2 Å². The van der Waals surface area contributed by atoms with Gasteiger partial charge in [-0.25, -0.2) is 0 Å². The minimum Gasteiger partial charge on any atom is -0.468 e. The Balaban J connectivity index is 1.90. The van der Waals surface area contributed by atoms with E-state index < -0.39 is 0 Å². The van der Waals surface area contributed by atoms with Crippen LogP contribution in [0.1, 0.15) is 43.9 Å². The molecule has 3 nitrogen and oxygen atoms in total. The summed E-state index contributed by atoms with van der Waals surface area (Å²) in [4.78, 5) is 2.51. The second-order valence-electron chi connectivity index (χ2n) is 5.05. The maximum atomic E-state index is 5.70. The molecule has 17 heavy (non-hydrogen) atoms. The molecule has 1 aromatic rings. The number of furan rings is 1. The Morgan fingerprint density at radius 3 is 3.06 bits per heavy atom. The average molecular weight is 236 g/mol. The topological polar surface area (TPSA) is 42.4 Å². The zero-order valence-corrected chi connectivity index (χ0v) is 10.8. The monoisotopic (exact) mass is 236 g/mol. The van der Waals surface area contributed by atoms with Crippen molar-refractivity contribution < 1.29 is 4.42 Å². The highest BCUT2D eigenvalue weighted by atomic mass is 16.3. The Morgan fingerprint density at radius 1 is 1.41 bits per heavy atom. The van der Waals surface area contributed by atoms with Crippen molar-refractivity contribution in [2.24, 2.45) is 11.7 Å². The van der Waals surface area contributed by atoms with Crippen LogP contribution in [-0.4, -0.2) is 18.0 Å². The zero-order valence-electron chi connectivity index (χ0n) is 10.8. The van der Waals surface area contributed by atoms with Crippen molar-refractivity contribution in [2.75, 3.05) is 13.1 Å². The van der Waals surface area contributed by atoms with Gasteiger partial charge in [0.25, 0.3) is 0 Å². The van der Waals surface area contributed by atoms with Crippen molar-refractivity contribution in [3.8, 4) is 0 Å². The highest BCUT2D eigenvalue weighted by Crippen LogP contribution is 2.22. The molecule has 1 aliphatic heterocycles. The van der Waals surface area contributed by atoms with Crippen LogP contribution in [0.4, 0.5) is 0 Å². The van der Waals surface area contributed by atoms with Gasteiger partial charge < -0.3 is 10.2 Å². The maximum absolute atomic E-state index is 5.70. The van der Waals surface area contributed by atoms with Crippen molar-refractivity contribution in [3.63, 3.8) is 0 Å². The summed E-state index contributed by atoms with van der Waals surface area (Å²) < 4.78 is 5.53. The van der Waals surface area contributed by atoms with E-state index in [-0.39, 0.29) is 0 Å². The zero-order chi connectivity index (χ0) is 12.1. The molecule has 2 rings (SSSR count). The lowest BCUT2D eigenvalue weighted by Gasteiger charge is -2.19. The van der Waals surface area contributed by atoms with Crippen molar-refractivity contribution in [2.45, 2.75) is 45.7 Å². The van der Waals surface area contributed by atoms with E-state index in [0.29, 0.717) is 6.54 Å². The minimum absolute atomic E-state index is 0.581. The summed E-state index contributed by atoms with van der Waals surface area (Å²) in [5.41, 5.74) is 6.85. The lowest BCUT2D eigenvalue weighted by molar-refractivity contribution is 0.248. The van der Waals surface area contributed by atoms with E-state index >= 15 is 0 Å². The van der Waals surface area contributed by atoms with Crippen molar-refractivity contribution in [1.82, 2.24) is 4.90 Å².